The Morgan fingerprint density at radius 1 is 1.41 bits per heavy atom. The van der Waals surface area contributed by atoms with Crippen LogP contribution in [0.25, 0.3) is 0 Å². The van der Waals surface area contributed by atoms with Crippen molar-refractivity contribution in [3.8, 4) is 0 Å². The number of aromatic nitrogens is 1. The van der Waals surface area contributed by atoms with Crippen molar-refractivity contribution in [1.82, 2.24) is 4.98 Å². The zero-order valence-electron chi connectivity index (χ0n) is 9.29. The molecule has 3 nitrogen and oxygen atoms in total. The molecule has 0 fully saturated rings. The lowest BCUT2D eigenvalue weighted by molar-refractivity contribution is -0.117. The lowest BCUT2D eigenvalue weighted by atomic mass is 10.1. The molecule has 0 unspecified atom stereocenters. The highest BCUT2D eigenvalue weighted by Gasteiger charge is 2.20. The Labute approximate surface area is 108 Å². The Kier molecular flexibility index (Phi) is 3.81. The number of amides is 1. The maximum absolute atomic E-state index is 11.5. The first-order chi connectivity index (χ1) is 8.16. The second-order valence-electron chi connectivity index (χ2n) is 3.57. The van der Waals surface area contributed by atoms with Crippen molar-refractivity contribution in [3.05, 3.63) is 47.0 Å². The van der Waals surface area contributed by atoms with Crippen LogP contribution in [0.4, 0.5) is 0 Å². The van der Waals surface area contributed by atoms with E-state index in [0.29, 0.717) is 0 Å². The molecular weight excluding hydrogens is 252 g/mol. The Morgan fingerprint density at radius 2 is 2.12 bits per heavy atom. The Balaban J connectivity index is 2.22. The number of thiazole rings is 1. The van der Waals surface area contributed by atoms with Crippen molar-refractivity contribution in [2.75, 3.05) is 0 Å². The summed E-state index contributed by atoms with van der Waals surface area (Å²) in [6.07, 6.45) is 0. The minimum absolute atomic E-state index is 0.339. The van der Waals surface area contributed by atoms with Crippen molar-refractivity contribution < 1.29 is 4.79 Å². The summed E-state index contributed by atoms with van der Waals surface area (Å²) in [5, 5.41) is 1.59. The third-order valence-corrected chi connectivity index (χ3v) is 4.54. The molecule has 1 heterocycles. The molecule has 0 aliphatic rings. The van der Waals surface area contributed by atoms with Crippen molar-refractivity contribution in [2.24, 2.45) is 5.73 Å². The number of carbonyl (C=O) groups is 1. The average molecular weight is 264 g/mol. The molecule has 5 heteroatoms. The van der Waals surface area contributed by atoms with Crippen molar-refractivity contribution in [2.45, 2.75) is 16.5 Å². The first-order valence-corrected chi connectivity index (χ1v) is 6.86. The summed E-state index contributed by atoms with van der Waals surface area (Å²) in [5.41, 5.74) is 7.32. The van der Waals surface area contributed by atoms with Crippen LogP contribution in [-0.2, 0) is 4.79 Å². The molecule has 2 rings (SSSR count). The molecule has 0 saturated heterocycles. The molecular formula is C12H12N2OS2. The van der Waals surface area contributed by atoms with Gasteiger partial charge in [-0.2, -0.15) is 0 Å². The Morgan fingerprint density at radius 3 is 2.65 bits per heavy atom. The van der Waals surface area contributed by atoms with Gasteiger partial charge in [-0.1, -0.05) is 42.1 Å². The summed E-state index contributed by atoms with van der Waals surface area (Å²) in [7, 11) is 0. The van der Waals surface area contributed by atoms with Crippen LogP contribution in [0.2, 0.25) is 0 Å². The molecule has 2 N–H and O–H groups in total. The third-order valence-electron chi connectivity index (χ3n) is 2.18. The molecule has 0 radical (unpaired) electrons. The standard InChI is InChI=1S/C12H12N2OS2/c1-8-7-16-12(14-8)17-10(11(13)15)9-5-3-2-4-6-9/h2-7,10H,1H3,(H2,13,15)/t10-/m1/s1. The number of nitrogens with zero attached hydrogens (tertiary/aromatic N) is 1. The maximum Gasteiger partial charge on any atom is 0.235 e. The quantitative estimate of drug-likeness (QED) is 0.864. The summed E-state index contributed by atoms with van der Waals surface area (Å²) in [5.74, 6) is -0.339. The lowest BCUT2D eigenvalue weighted by Crippen LogP contribution is -2.18. The summed E-state index contributed by atoms with van der Waals surface area (Å²) >= 11 is 2.94. The highest BCUT2D eigenvalue weighted by molar-refractivity contribution is 8.01. The van der Waals surface area contributed by atoms with Gasteiger partial charge in [0.05, 0.1) is 0 Å². The number of aryl methyl sites for hydroxylation is 1. The highest BCUT2D eigenvalue weighted by atomic mass is 32.2. The molecule has 0 bridgehead atoms. The maximum atomic E-state index is 11.5. The molecule has 1 atom stereocenters. The molecule has 1 aromatic heterocycles. The predicted octanol–water partition coefficient (Wildman–Crippen LogP) is 2.77. The zero-order valence-corrected chi connectivity index (χ0v) is 10.9. The Hall–Kier alpha value is -1.33. The number of carbonyl (C=O) groups excluding carboxylic acids is 1. The van der Waals surface area contributed by atoms with Crippen LogP contribution < -0.4 is 5.73 Å². The van der Waals surface area contributed by atoms with Crippen LogP contribution in [0.3, 0.4) is 0 Å². The van der Waals surface area contributed by atoms with Gasteiger partial charge >= 0.3 is 0 Å². The topological polar surface area (TPSA) is 56.0 Å². The first-order valence-electron chi connectivity index (χ1n) is 5.10. The van der Waals surface area contributed by atoms with Crippen LogP contribution in [-0.4, -0.2) is 10.9 Å². The van der Waals surface area contributed by atoms with E-state index in [-0.39, 0.29) is 11.2 Å². The first kappa shape index (κ1) is 12.1. The summed E-state index contributed by atoms with van der Waals surface area (Å²) in [6, 6.07) is 9.53. The van der Waals surface area contributed by atoms with Gasteiger partial charge in [0, 0.05) is 11.1 Å². The van der Waals surface area contributed by atoms with Gasteiger partial charge in [-0.05, 0) is 12.5 Å². The van der Waals surface area contributed by atoms with Crippen molar-refractivity contribution in [1.29, 1.82) is 0 Å². The number of nitrogens with two attached hydrogens (primary N) is 1. The molecule has 2 aromatic rings. The van der Waals surface area contributed by atoms with E-state index in [0.717, 1.165) is 15.6 Å². The van der Waals surface area contributed by atoms with Gasteiger partial charge in [0.2, 0.25) is 5.91 Å². The molecule has 17 heavy (non-hydrogen) atoms. The highest BCUT2D eigenvalue weighted by Crippen LogP contribution is 2.36. The van der Waals surface area contributed by atoms with Crippen molar-refractivity contribution in [3.63, 3.8) is 0 Å². The number of primary amides is 1. The van der Waals surface area contributed by atoms with E-state index in [2.05, 4.69) is 4.98 Å². The van der Waals surface area contributed by atoms with E-state index < -0.39 is 0 Å². The fraction of sp³-hybridized carbons (Fsp3) is 0.167. The number of benzene rings is 1. The molecule has 88 valence electrons. The van der Waals surface area contributed by atoms with E-state index in [1.807, 2.05) is 42.6 Å². The normalized spacial score (nSPS) is 12.3. The number of hydrogen-bond acceptors (Lipinski definition) is 4. The number of hydrogen-bond donors (Lipinski definition) is 1. The number of thioether (sulfide) groups is 1. The van der Waals surface area contributed by atoms with Gasteiger partial charge in [-0.15, -0.1) is 11.3 Å². The largest absolute Gasteiger partial charge is 0.368 e. The van der Waals surface area contributed by atoms with E-state index >= 15 is 0 Å². The van der Waals surface area contributed by atoms with Crippen molar-refractivity contribution >= 4 is 29.0 Å². The second-order valence-corrected chi connectivity index (χ2v) is 5.78. The van der Waals surface area contributed by atoms with Gasteiger partial charge < -0.3 is 5.73 Å². The van der Waals surface area contributed by atoms with E-state index in [1.54, 1.807) is 0 Å². The minimum atomic E-state index is -0.373. The number of rotatable bonds is 4. The van der Waals surface area contributed by atoms with Crippen LogP contribution in [0.15, 0.2) is 40.1 Å². The molecule has 0 aliphatic heterocycles. The predicted molar refractivity (Wildman–Crippen MR) is 71.1 cm³/mol. The van der Waals surface area contributed by atoms with Gasteiger partial charge in [-0.3, -0.25) is 4.79 Å². The fourth-order valence-corrected chi connectivity index (χ4v) is 3.39. The van der Waals surface area contributed by atoms with E-state index in [1.165, 1.54) is 23.1 Å². The summed E-state index contributed by atoms with van der Waals surface area (Å²) < 4.78 is 0.871. The third kappa shape index (κ3) is 3.08. The van der Waals surface area contributed by atoms with Crippen LogP contribution in [0.1, 0.15) is 16.5 Å². The SMILES string of the molecule is Cc1csc(S[C@@H](C(N)=O)c2ccccc2)n1. The monoisotopic (exact) mass is 264 g/mol. The molecule has 0 spiro atoms. The molecule has 1 aromatic carbocycles. The molecule has 0 aliphatic carbocycles. The molecule has 1 amide bonds. The molecule has 0 saturated carbocycles. The van der Waals surface area contributed by atoms with Crippen LogP contribution in [0, 0.1) is 6.92 Å². The zero-order chi connectivity index (χ0) is 12.3. The lowest BCUT2D eigenvalue weighted by Gasteiger charge is -2.11. The average Bonchev–Trinajstić information content (AvgIpc) is 2.73. The summed E-state index contributed by atoms with van der Waals surface area (Å²) in [6.45, 7) is 1.93. The van der Waals surface area contributed by atoms with Gasteiger partial charge in [-0.25, -0.2) is 4.98 Å². The second kappa shape index (κ2) is 5.33. The smallest absolute Gasteiger partial charge is 0.235 e. The minimum Gasteiger partial charge on any atom is -0.368 e. The van der Waals surface area contributed by atoms with Crippen LogP contribution in [0.5, 0.6) is 0 Å². The van der Waals surface area contributed by atoms with Gasteiger partial charge in [0.25, 0.3) is 0 Å². The van der Waals surface area contributed by atoms with E-state index in [9.17, 15) is 4.79 Å². The van der Waals surface area contributed by atoms with Gasteiger partial charge in [0.15, 0.2) is 4.34 Å². The Bertz CT molecular complexity index is 510. The van der Waals surface area contributed by atoms with Gasteiger partial charge in [0.1, 0.15) is 5.25 Å². The van der Waals surface area contributed by atoms with E-state index in [4.69, 9.17) is 5.73 Å². The van der Waals surface area contributed by atoms with Crippen LogP contribution >= 0.6 is 23.1 Å². The fourth-order valence-electron chi connectivity index (χ4n) is 1.41. The summed E-state index contributed by atoms with van der Waals surface area (Å²) in [4.78, 5) is 15.8.